The normalized spacial score (nSPS) is 22.2. The summed E-state index contributed by atoms with van der Waals surface area (Å²) in [5, 5.41) is 0. The predicted octanol–water partition coefficient (Wildman–Crippen LogP) is 2.36. The molecule has 1 aliphatic heterocycles. The molecule has 2 fully saturated rings. The number of likely N-dealkylation sites (tertiary alicyclic amines) is 1. The molecule has 2 aromatic rings. The van der Waals surface area contributed by atoms with Crippen molar-refractivity contribution in [2.24, 2.45) is 0 Å². The Labute approximate surface area is 155 Å². The molecular weight excluding hydrogens is 376 g/mol. The van der Waals surface area contributed by atoms with Crippen molar-refractivity contribution in [2.75, 3.05) is 13.1 Å². The van der Waals surface area contributed by atoms with E-state index in [0.29, 0.717) is 25.1 Å². The summed E-state index contributed by atoms with van der Waals surface area (Å²) in [6.07, 6.45) is 3.61. The highest BCUT2D eigenvalue weighted by Gasteiger charge is 2.43. The fraction of sp³-hybridized carbons (Fsp3) is 0.389. The number of aromatic amines is 1. The Bertz CT molecular complexity index is 983. The highest BCUT2D eigenvalue weighted by Crippen LogP contribution is 2.42. The minimum Gasteiger partial charge on any atom is -0.356 e. The van der Waals surface area contributed by atoms with Crippen molar-refractivity contribution in [1.82, 2.24) is 14.6 Å². The molecule has 6 nitrogen and oxygen atoms in total. The summed E-state index contributed by atoms with van der Waals surface area (Å²) >= 11 is 0. The molecule has 0 unspecified atom stereocenters. The van der Waals surface area contributed by atoms with E-state index in [1.165, 1.54) is 18.3 Å². The lowest BCUT2D eigenvalue weighted by atomic mass is 10.1. The quantitative estimate of drug-likeness (QED) is 0.815. The van der Waals surface area contributed by atoms with E-state index in [4.69, 9.17) is 0 Å². The van der Waals surface area contributed by atoms with Gasteiger partial charge in [0.1, 0.15) is 22.2 Å². The highest BCUT2D eigenvalue weighted by atomic mass is 32.2. The first-order valence-corrected chi connectivity index (χ1v) is 10.3. The standard InChI is InChI=1S/C18H19F2N3O3S/c19-11-3-4-13(15(20)7-11)14-9-16(14)22-27(25,26)12-8-17(21-10-12)18(24)23-5-1-2-6-23/h3-4,7-8,10,14,16,21-22H,1-2,5-6,9H2/t14-,16-/m1/s1. The molecule has 1 aromatic heterocycles. The molecule has 2 heterocycles. The third kappa shape index (κ3) is 3.61. The minimum absolute atomic E-state index is 0.0322. The van der Waals surface area contributed by atoms with Crippen LogP contribution in [-0.2, 0) is 10.0 Å². The third-order valence-electron chi connectivity index (χ3n) is 5.05. The molecular formula is C18H19F2N3O3S. The van der Waals surface area contributed by atoms with E-state index in [2.05, 4.69) is 9.71 Å². The summed E-state index contributed by atoms with van der Waals surface area (Å²) in [5.41, 5.74) is 0.525. The van der Waals surface area contributed by atoms with Crippen LogP contribution in [0.5, 0.6) is 0 Å². The highest BCUT2D eigenvalue weighted by molar-refractivity contribution is 7.89. The number of benzene rings is 1. The van der Waals surface area contributed by atoms with E-state index in [-0.39, 0.29) is 22.4 Å². The topological polar surface area (TPSA) is 82.3 Å². The van der Waals surface area contributed by atoms with Gasteiger partial charge in [0.25, 0.3) is 5.91 Å². The van der Waals surface area contributed by atoms with Gasteiger partial charge < -0.3 is 9.88 Å². The first kappa shape index (κ1) is 18.1. The number of hydrogen-bond donors (Lipinski definition) is 2. The monoisotopic (exact) mass is 395 g/mol. The molecule has 0 radical (unpaired) electrons. The van der Waals surface area contributed by atoms with E-state index in [0.717, 1.165) is 25.0 Å². The van der Waals surface area contributed by atoms with Gasteiger partial charge in [0, 0.05) is 37.3 Å². The number of aromatic nitrogens is 1. The van der Waals surface area contributed by atoms with Crippen molar-refractivity contribution in [3.8, 4) is 0 Å². The van der Waals surface area contributed by atoms with Gasteiger partial charge in [-0.15, -0.1) is 0 Å². The van der Waals surface area contributed by atoms with Crippen LogP contribution in [0.1, 0.15) is 41.2 Å². The van der Waals surface area contributed by atoms with Crippen LogP contribution in [0.15, 0.2) is 35.4 Å². The molecule has 0 spiro atoms. The number of halogens is 2. The van der Waals surface area contributed by atoms with Gasteiger partial charge in [0.2, 0.25) is 10.0 Å². The molecule has 9 heteroatoms. The van der Waals surface area contributed by atoms with Crippen LogP contribution in [-0.4, -0.2) is 43.3 Å². The van der Waals surface area contributed by atoms with Crippen molar-refractivity contribution in [1.29, 1.82) is 0 Å². The van der Waals surface area contributed by atoms with Gasteiger partial charge in [-0.1, -0.05) is 6.07 Å². The van der Waals surface area contributed by atoms with Gasteiger partial charge in [-0.2, -0.15) is 0 Å². The summed E-state index contributed by atoms with van der Waals surface area (Å²) in [6.45, 7) is 1.34. The summed E-state index contributed by atoms with van der Waals surface area (Å²) < 4.78 is 54.5. The third-order valence-corrected chi connectivity index (χ3v) is 6.52. The van der Waals surface area contributed by atoms with Gasteiger partial charge in [-0.05, 0) is 37.0 Å². The zero-order valence-electron chi connectivity index (χ0n) is 14.4. The van der Waals surface area contributed by atoms with Gasteiger partial charge in [0.15, 0.2) is 0 Å². The number of H-pyrrole nitrogens is 1. The van der Waals surface area contributed by atoms with Crippen LogP contribution in [0.4, 0.5) is 8.78 Å². The molecule has 4 rings (SSSR count). The molecule has 144 valence electrons. The largest absolute Gasteiger partial charge is 0.356 e. The zero-order valence-corrected chi connectivity index (χ0v) is 15.2. The molecule has 1 saturated heterocycles. The average Bonchev–Trinajstić information content (AvgIpc) is 3.08. The lowest BCUT2D eigenvalue weighted by molar-refractivity contribution is 0.0787. The molecule has 1 aromatic carbocycles. The zero-order chi connectivity index (χ0) is 19.2. The minimum atomic E-state index is -3.84. The first-order valence-electron chi connectivity index (χ1n) is 8.80. The van der Waals surface area contributed by atoms with Crippen LogP contribution >= 0.6 is 0 Å². The van der Waals surface area contributed by atoms with E-state index in [9.17, 15) is 22.0 Å². The average molecular weight is 395 g/mol. The van der Waals surface area contributed by atoms with E-state index >= 15 is 0 Å². The van der Waals surface area contributed by atoms with Crippen molar-refractivity contribution in [2.45, 2.75) is 36.1 Å². The van der Waals surface area contributed by atoms with E-state index in [1.54, 1.807) is 4.90 Å². The van der Waals surface area contributed by atoms with Crippen LogP contribution < -0.4 is 4.72 Å². The second-order valence-corrected chi connectivity index (χ2v) is 8.70. The Morgan fingerprint density at radius 2 is 1.93 bits per heavy atom. The molecule has 1 saturated carbocycles. The van der Waals surface area contributed by atoms with Gasteiger partial charge in [-0.25, -0.2) is 21.9 Å². The first-order chi connectivity index (χ1) is 12.8. The summed E-state index contributed by atoms with van der Waals surface area (Å²) in [4.78, 5) is 16.7. The Balaban J connectivity index is 1.44. The molecule has 0 bridgehead atoms. The summed E-state index contributed by atoms with van der Waals surface area (Å²) in [7, 11) is -3.84. The maximum atomic E-state index is 13.8. The van der Waals surface area contributed by atoms with Crippen LogP contribution in [0, 0.1) is 11.6 Å². The molecule has 1 aliphatic carbocycles. The SMILES string of the molecule is O=C(c1cc(S(=O)(=O)N[C@@H]2C[C@@H]2c2ccc(F)cc2F)c[nH]1)N1CCCC1. The number of hydrogen-bond acceptors (Lipinski definition) is 3. The number of carbonyl (C=O) groups excluding carboxylic acids is 1. The number of carbonyl (C=O) groups is 1. The number of nitrogens with zero attached hydrogens (tertiary/aromatic N) is 1. The van der Waals surface area contributed by atoms with E-state index in [1.807, 2.05) is 0 Å². The maximum Gasteiger partial charge on any atom is 0.270 e. The van der Waals surface area contributed by atoms with Crippen molar-refractivity contribution >= 4 is 15.9 Å². The predicted molar refractivity (Wildman–Crippen MR) is 93.8 cm³/mol. The second kappa shape index (κ2) is 6.72. The van der Waals surface area contributed by atoms with Crippen LogP contribution in [0.2, 0.25) is 0 Å². The number of nitrogens with one attached hydrogen (secondary N) is 2. The second-order valence-electron chi connectivity index (χ2n) is 6.98. The van der Waals surface area contributed by atoms with Gasteiger partial charge in [-0.3, -0.25) is 4.79 Å². The molecule has 2 N–H and O–H groups in total. The van der Waals surface area contributed by atoms with Gasteiger partial charge in [0.05, 0.1) is 0 Å². The fourth-order valence-corrected chi connectivity index (χ4v) is 4.76. The van der Waals surface area contributed by atoms with Crippen LogP contribution in [0.3, 0.4) is 0 Å². The molecule has 2 aliphatic rings. The number of rotatable bonds is 5. The Morgan fingerprint density at radius 3 is 2.63 bits per heavy atom. The maximum absolute atomic E-state index is 13.8. The van der Waals surface area contributed by atoms with Gasteiger partial charge >= 0.3 is 0 Å². The number of amides is 1. The van der Waals surface area contributed by atoms with Crippen molar-refractivity contribution < 1.29 is 22.0 Å². The smallest absolute Gasteiger partial charge is 0.270 e. The number of sulfonamides is 1. The van der Waals surface area contributed by atoms with Crippen molar-refractivity contribution in [3.63, 3.8) is 0 Å². The van der Waals surface area contributed by atoms with Crippen LogP contribution in [0.25, 0.3) is 0 Å². The lowest BCUT2D eigenvalue weighted by Crippen LogP contribution is -2.28. The molecule has 27 heavy (non-hydrogen) atoms. The molecule has 1 amide bonds. The summed E-state index contributed by atoms with van der Waals surface area (Å²) in [6, 6.07) is 4.15. The van der Waals surface area contributed by atoms with Crippen molar-refractivity contribution in [3.05, 3.63) is 53.4 Å². The fourth-order valence-electron chi connectivity index (χ4n) is 3.48. The van der Waals surface area contributed by atoms with E-state index < -0.39 is 27.7 Å². The summed E-state index contributed by atoms with van der Waals surface area (Å²) in [5.74, 6) is -1.89. The Morgan fingerprint density at radius 1 is 1.19 bits per heavy atom. The molecule has 2 atom stereocenters. The lowest BCUT2D eigenvalue weighted by Gasteiger charge is -2.13. The Kier molecular flexibility index (Phi) is 4.51. The Hall–Kier alpha value is -2.26.